The molecule has 116 valence electrons. The quantitative estimate of drug-likeness (QED) is 0.782. The van der Waals surface area contributed by atoms with Crippen molar-refractivity contribution in [1.82, 2.24) is 0 Å². The second kappa shape index (κ2) is 6.75. The highest BCUT2D eigenvalue weighted by atomic mass is 32.2. The average molecular weight is 323 g/mol. The summed E-state index contributed by atoms with van der Waals surface area (Å²) in [5.74, 6) is 0.778. The molecule has 0 atom stereocenters. The Balaban J connectivity index is 1.71. The van der Waals surface area contributed by atoms with Crippen LogP contribution in [0.25, 0.3) is 6.08 Å². The molecular weight excluding hydrogens is 306 g/mol. The Morgan fingerprint density at radius 3 is 2.57 bits per heavy atom. The van der Waals surface area contributed by atoms with Gasteiger partial charge in [-0.2, -0.15) is 0 Å². The van der Waals surface area contributed by atoms with Crippen LogP contribution in [-0.4, -0.2) is 19.9 Å². The Labute approximate surface area is 140 Å². The zero-order chi connectivity index (χ0) is 16.2. The molecule has 0 saturated heterocycles. The number of ketones is 1. The molecule has 0 amide bonds. The predicted octanol–water partition coefficient (Wildman–Crippen LogP) is 4.36. The fourth-order valence-electron chi connectivity index (χ4n) is 2.31. The summed E-state index contributed by atoms with van der Waals surface area (Å²) in [4.78, 5) is 15.4. The van der Waals surface area contributed by atoms with Crippen molar-refractivity contribution in [2.24, 2.45) is 0 Å². The molecule has 0 bridgehead atoms. The number of nitrogens with zero attached hydrogens (tertiary/aromatic N) is 1. The fourth-order valence-corrected chi connectivity index (χ4v) is 3.40. The fraction of sp³-hybridized carbons (Fsp3) is 0.105. The average Bonchev–Trinajstić information content (AvgIpc) is 2.90. The summed E-state index contributed by atoms with van der Waals surface area (Å²) in [6, 6.07) is 15.7. The zero-order valence-electron chi connectivity index (χ0n) is 13.0. The van der Waals surface area contributed by atoms with Gasteiger partial charge in [0.2, 0.25) is 0 Å². The van der Waals surface area contributed by atoms with Crippen molar-refractivity contribution in [3.8, 4) is 5.75 Å². The monoisotopic (exact) mass is 323 g/mol. The lowest BCUT2D eigenvalue weighted by molar-refractivity contribution is -0.110. The van der Waals surface area contributed by atoms with Crippen molar-refractivity contribution in [2.75, 3.05) is 19.1 Å². The molecule has 2 aromatic rings. The number of allylic oxidation sites excluding steroid dienone is 2. The van der Waals surface area contributed by atoms with Gasteiger partial charge in [-0.15, -0.1) is 0 Å². The van der Waals surface area contributed by atoms with Gasteiger partial charge in [0.05, 0.1) is 17.8 Å². The number of para-hydroxylation sites is 1. The Kier molecular flexibility index (Phi) is 4.53. The summed E-state index contributed by atoms with van der Waals surface area (Å²) < 4.78 is 5.12. The summed E-state index contributed by atoms with van der Waals surface area (Å²) in [5.41, 5.74) is 2.10. The number of carbonyl (C=O) groups excluding carboxylic acids is 1. The number of fused-ring (bicyclic) bond motifs is 1. The first-order chi connectivity index (χ1) is 11.2. The normalized spacial score (nSPS) is 15.2. The maximum absolute atomic E-state index is 12.2. The molecule has 2 aromatic carbocycles. The van der Waals surface area contributed by atoms with E-state index in [1.54, 1.807) is 31.0 Å². The van der Waals surface area contributed by atoms with E-state index >= 15 is 0 Å². The van der Waals surface area contributed by atoms with E-state index in [0.717, 1.165) is 22.0 Å². The van der Waals surface area contributed by atoms with E-state index in [1.165, 1.54) is 4.90 Å². The van der Waals surface area contributed by atoms with E-state index in [0.29, 0.717) is 0 Å². The molecule has 23 heavy (non-hydrogen) atoms. The highest BCUT2D eigenvalue weighted by Gasteiger charge is 2.21. The number of methoxy groups -OCH3 is 1. The van der Waals surface area contributed by atoms with Crippen LogP contribution in [0.2, 0.25) is 0 Å². The van der Waals surface area contributed by atoms with Crippen molar-refractivity contribution in [2.45, 2.75) is 4.90 Å². The minimum Gasteiger partial charge on any atom is -0.497 e. The first kappa shape index (κ1) is 15.4. The Hall–Kier alpha value is -2.46. The molecule has 3 nitrogen and oxygen atoms in total. The molecule has 1 aliphatic rings. The number of hydrogen-bond donors (Lipinski definition) is 0. The lowest BCUT2D eigenvalue weighted by Gasteiger charge is -2.12. The van der Waals surface area contributed by atoms with Crippen LogP contribution < -0.4 is 9.64 Å². The SMILES string of the molecule is COc1ccc(/C=C/C(=O)/C=C2\Sc3ccccc3N2C)cc1. The Morgan fingerprint density at radius 1 is 1.13 bits per heavy atom. The first-order valence-electron chi connectivity index (χ1n) is 7.26. The van der Waals surface area contributed by atoms with Gasteiger partial charge >= 0.3 is 0 Å². The zero-order valence-corrected chi connectivity index (χ0v) is 13.8. The van der Waals surface area contributed by atoms with Crippen LogP contribution in [-0.2, 0) is 4.79 Å². The number of anilines is 1. The van der Waals surface area contributed by atoms with E-state index in [1.807, 2.05) is 54.4 Å². The maximum atomic E-state index is 12.2. The predicted molar refractivity (Wildman–Crippen MR) is 95.8 cm³/mol. The largest absolute Gasteiger partial charge is 0.497 e. The van der Waals surface area contributed by atoms with Crippen molar-refractivity contribution < 1.29 is 9.53 Å². The van der Waals surface area contributed by atoms with E-state index in [4.69, 9.17) is 4.74 Å². The Morgan fingerprint density at radius 2 is 1.87 bits per heavy atom. The summed E-state index contributed by atoms with van der Waals surface area (Å²) in [7, 11) is 3.61. The van der Waals surface area contributed by atoms with Crippen molar-refractivity contribution in [3.63, 3.8) is 0 Å². The molecule has 0 N–H and O–H groups in total. The number of benzene rings is 2. The van der Waals surface area contributed by atoms with Crippen LogP contribution >= 0.6 is 11.8 Å². The van der Waals surface area contributed by atoms with Gasteiger partial charge in [0, 0.05) is 18.0 Å². The molecule has 0 aliphatic carbocycles. The van der Waals surface area contributed by atoms with Gasteiger partial charge in [-0.05, 0) is 35.9 Å². The highest BCUT2D eigenvalue weighted by Crippen LogP contribution is 2.44. The van der Waals surface area contributed by atoms with E-state index in [9.17, 15) is 4.79 Å². The maximum Gasteiger partial charge on any atom is 0.181 e. The van der Waals surface area contributed by atoms with Gasteiger partial charge < -0.3 is 9.64 Å². The van der Waals surface area contributed by atoms with Crippen molar-refractivity contribution in [1.29, 1.82) is 0 Å². The van der Waals surface area contributed by atoms with Crippen LogP contribution in [0.1, 0.15) is 5.56 Å². The third kappa shape index (κ3) is 3.48. The molecule has 0 spiro atoms. The van der Waals surface area contributed by atoms with Crippen molar-refractivity contribution >= 4 is 29.3 Å². The molecule has 0 unspecified atom stereocenters. The highest BCUT2D eigenvalue weighted by molar-refractivity contribution is 8.03. The molecular formula is C19H17NO2S. The molecule has 0 saturated carbocycles. The summed E-state index contributed by atoms with van der Waals surface area (Å²) in [6.45, 7) is 0. The van der Waals surface area contributed by atoms with Crippen LogP contribution in [0.5, 0.6) is 5.75 Å². The molecule has 1 aliphatic heterocycles. The van der Waals surface area contributed by atoms with Gasteiger partial charge in [-0.1, -0.05) is 42.1 Å². The molecule has 0 radical (unpaired) electrons. The summed E-state index contributed by atoms with van der Waals surface area (Å²) in [6.07, 6.45) is 5.07. The van der Waals surface area contributed by atoms with Crippen molar-refractivity contribution in [3.05, 3.63) is 71.3 Å². The molecule has 1 heterocycles. The third-order valence-electron chi connectivity index (χ3n) is 3.59. The minimum atomic E-state index is -0.0250. The molecule has 0 aromatic heterocycles. The number of rotatable bonds is 4. The summed E-state index contributed by atoms with van der Waals surface area (Å²) >= 11 is 1.61. The standard InChI is InChI=1S/C19H17NO2S/c1-20-17-5-3-4-6-18(17)23-19(20)13-15(21)10-7-14-8-11-16(22-2)12-9-14/h3-13H,1-2H3/b10-7+,19-13-. The van der Waals surface area contributed by atoms with Crippen LogP contribution in [0.3, 0.4) is 0 Å². The second-order valence-electron chi connectivity index (χ2n) is 5.12. The van der Waals surface area contributed by atoms with Gasteiger partial charge in [0.25, 0.3) is 0 Å². The van der Waals surface area contributed by atoms with Crippen LogP contribution in [0.4, 0.5) is 5.69 Å². The van der Waals surface area contributed by atoms with E-state index in [2.05, 4.69) is 12.1 Å². The smallest absolute Gasteiger partial charge is 0.181 e. The first-order valence-corrected chi connectivity index (χ1v) is 8.07. The Bertz CT molecular complexity index is 778. The third-order valence-corrected chi connectivity index (χ3v) is 4.76. The van der Waals surface area contributed by atoms with Gasteiger partial charge in [-0.25, -0.2) is 0 Å². The van der Waals surface area contributed by atoms with Crippen LogP contribution in [0, 0.1) is 0 Å². The molecule has 3 rings (SSSR count). The number of ether oxygens (including phenoxy) is 1. The van der Waals surface area contributed by atoms with Crippen LogP contribution in [0.15, 0.2) is 70.6 Å². The molecule has 0 fully saturated rings. The lowest BCUT2D eigenvalue weighted by Crippen LogP contribution is -2.10. The lowest BCUT2D eigenvalue weighted by atomic mass is 10.2. The van der Waals surface area contributed by atoms with Gasteiger partial charge in [0.15, 0.2) is 5.78 Å². The number of carbonyl (C=O) groups is 1. The summed E-state index contributed by atoms with van der Waals surface area (Å²) in [5, 5.41) is 0.940. The topological polar surface area (TPSA) is 29.5 Å². The van der Waals surface area contributed by atoms with E-state index < -0.39 is 0 Å². The van der Waals surface area contributed by atoms with Gasteiger partial charge in [-0.3, -0.25) is 4.79 Å². The second-order valence-corrected chi connectivity index (χ2v) is 6.18. The number of thioether (sulfide) groups is 1. The molecule has 4 heteroatoms. The van der Waals surface area contributed by atoms with E-state index in [-0.39, 0.29) is 5.78 Å². The number of hydrogen-bond acceptors (Lipinski definition) is 4. The van der Waals surface area contributed by atoms with Gasteiger partial charge in [0.1, 0.15) is 5.75 Å². The minimum absolute atomic E-state index is 0.0250.